The number of hydrogen-bond donors (Lipinski definition) is 1. The SMILES string of the molecule is CCCN(C1CCNCC1)S(=O)(=O)c1ccccc1. The molecule has 19 heavy (non-hydrogen) atoms. The summed E-state index contributed by atoms with van der Waals surface area (Å²) in [6.07, 6.45) is 2.63. The Labute approximate surface area is 115 Å². The van der Waals surface area contributed by atoms with Crippen molar-refractivity contribution in [3.05, 3.63) is 30.3 Å². The Hall–Kier alpha value is -0.910. The zero-order chi connectivity index (χ0) is 13.7. The highest BCUT2D eigenvalue weighted by Gasteiger charge is 2.31. The van der Waals surface area contributed by atoms with E-state index >= 15 is 0 Å². The molecule has 1 N–H and O–H groups in total. The van der Waals surface area contributed by atoms with E-state index in [-0.39, 0.29) is 6.04 Å². The van der Waals surface area contributed by atoms with Gasteiger partial charge in [0.15, 0.2) is 0 Å². The van der Waals surface area contributed by atoms with Crippen molar-refractivity contribution in [1.29, 1.82) is 0 Å². The van der Waals surface area contributed by atoms with E-state index in [2.05, 4.69) is 5.32 Å². The van der Waals surface area contributed by atoms with E-state index in [1.165, 1.54) is 0 Å². The molecule has 0 saturated carbocycles. The molecular formula is C14H22N2O2S. The molecule has 0 atom stereocenters. The lowest BCUT2D eigenvalue weighted by molar-refractivity contribution is 0.262. The van der Waals surface area contributed by atoms with Crippen molar-refractivity contribution in [1.82, 2.24) is 9.62 Å². The van der Waals surface area contributed by atoms with Gasteiger partial charge in [0.25, 0.3) is 0 Å². The molecule has 1 aromatic rings. The molecule has 1 aromatic carbocycles. The highest BCUT2D eigenvalue weighted by Crippen LogP contribution is 2.22. The minimum Gasteiger partial charge on any atom is -0.317 e. The normalized spacial score (nSPS) is 17.8. The van der Waals surface area contributed by atoms with Crippen LogP contribution in [0.4, 0.5) is 0 Å². The molecule has 5 heteroatoms. The summed E-state index contributed by atoms with van der Waals surface area (Å²) in [5.41, 5.74) is 0. The van der Waals surface area contributed by atoms with Crippen LogP contribution in [0.1, 0.15) is 26.2 Å². The summed E-state index contributed by atoms with van der Waals surface area (Å²) in [6, 6.07) is 8.89. The smallest absolute Gasteiger partial charge is 0.243 e. The zero-order valence-electron chi connectivity index (χ0n) is 11.4. The second-order valence-corrected chi connectivity index (χ2v) is 6.80. The fraction of sp³-hybridized carbons (Fsp3) is 0.571. The molecule has 0 spiro atoms. The number of nitrogens with zero attached hydrogens (tertiary/aromatic N) is 1. The third-order valence-electron chi connectivity index (χ3n) is 3.51. The maximum atomic E-state index is 12.7. The molecule has 1 saturated heterocycles. The van der Waals surface area contributed by atoms with Gasteiger partial charge >= 0.3 is 0 Å². The van der Waals surface area contributed by atoms with Gasteiger partial charge in [-0.05, 0) is 44.5 Å². The highest BCUT2D eigenvalue weighted by molar-refractivity contribution is 7.89. The quantitative estimate of drug-likeness (QED) is 0.896. The molecule has 0 radical (unpaired) electrons. The molecule has 0 amide bonds. The fourth-order valence-corrected chi connectivity index (χ4v) is 4.34. The molecule has 0 unspecified atom stereocenters. The Kier molecular flexibility index (Phi) is 4.96. The van der Waals surface area contributed by atoms with Gasteiger partial charge in [0.05, 0.1) is 4.90 Å². The van der Waals surface area contributed by atoms with Crippen LogP contribution in [0, 0.1) is 0 Å². The summed E-state index contributed by atoms with van der Waals surface area (Å²) in [4.78, 5) is 0.405. The topological polar surface area (TPSA) is 49.4 Å². The molecule has 106 valence electrons. The average molecular weight is 282 g/mol. The van der Waals surface area contributed by atoms with Gasteiger partial charge in [0.2, 0.25) is 10.0 Å². The van der Waals surface area contributed by atoms with Crippen molar-refractivity contribution in [3.8, 4) is 0 Å². The third kappa shape index (κ3) is 3.35. The van der Waals surface area contributed by atoms with Crippen molar-refractivity contribution < 1.29 is 8.42 Å². The Morgan fingerprint density at radius 1 is 1.21 bits per heavy atom. The first-order valence-corrected chi connectivity index (χ1v) is 8.38. The number of hydrogen-bond acceptors (Lipinski definition) is 3. The van der Waals surface area contributed by atoms with Crippen LogP contribution in [-0.2, 0) is 10.0 Å². The zero-order valence-corrected chi connectivity index (χ0v) is 12.2. The van der Waals surface area contributed by atoms with Gasteiger partial charge in [-0.25, -0.2) is 8.42 Å². The van der Waals surface area contributed by atoms with E-state index in [0.717, 1.165) is 32.4 Å². The van der Waals surface area contributed by atoms with Gasteiger partial charge in [0.1, 0.15) is 0 Å². The summed E-state index contributed by atoms with van der Waals surface area (Å²) in [7, 11) is -3.36. The van der Waals surface area contributed by atoms with E-state index in [4.69, 9.17) is 0 Å². The lowest BCUT2D eigenvalue weighted by atomic mass is 10.1. The molecular weight excluding hydrogens is 260 g/mol. The summed E-state index contributed by atoms with van der Waals surface area (Å²) in [5.74, 6) is 0. The number of sulfonamides is 1. The molecule has 1 fully saturated rings. The Balaban J connectivity index is 2.27. The number of rotatable bonds is 5. The molecule has 1 aliphatic heterocycles. The second-order valence-electron chi connectivity index (χ2n) is 4.91. The lowest BCUT2D eigenvalue weighted by Crippen LogP contribution is -2.46. The van der Waals surface area contributed by atoms with Crippen molar-refractivity contribution >= 4 is 10.0 Å². The number of piperidine rings is 1. The highest BCUT2D eigenvalue weighted by atomic mass is 32.2. The van der Waals surface area contributed by atoms with Crippen molar-refractivity contribution in [3.63, 3.8) is 0 Å². The molecule has 4 nitrogen and oxygen atoms in total. The maximum Gasteiger partial charge on any atom is 0.243 e. The molecule has 1 aliphatic rings. The van der Waals surface area contributed by atoms with Gasteiger partial charge in [-0.3, -0.25) is 0 Å². The van der Waals surface area contributed by atoms with Crippen LogP contribution in [0.15, 0.2) is 35.2 Å². The standard InChI is InChI=1S/C14H22N2O2S/c1-2-12-16(13-8-10-15-11-9-13)19(17,18)14-6-4-3-5-7-14/h3-7,13,15H,2,8-12H2,1H3. The van der Waals surface area contributed by atoms with Gasteiger partial charge in [-0.2, -0.15) is 4.31 Å². The van der Waals surface area contributed by atoms with Crippen molar-refractivity contribution in [2.24, 2.45) is 0 Å². The average Bonchev–Trinajstić information content (AvgIpc) is 2.46. The number of benzene rings is 1. The van der Waals surface area contributed by atoms with Crippen LogP contribution >= 0.6 is 0 Å². The molecule has 0 aliphatic carbocycles. The summed E-state index contributed by atoms with van der Waals surface area (Å²) >= 11 is 0. The number of nitrogens with one attached hydrogen (secondary N) is 1. The van der Waals surface area contributed by atoms with Crippen LogP contribution in [0.5, 0.6) is 0 Å². The lowest BCUT2D eigenvalue weighted by Gasteiger charge is -2.33. The van der Waals surface area contributed by atoms with Gasteiger partial charge in [-0.15, -0.1) is 0 Å². The first-order valence-electron chi connectivity index (χ1n) is 6.94. The van der Waals surface area contributed by atoms with Crippen molar-refractivity contribution in [2.75, 3.05) is 19.6 Å². The van der Waals surface area contributed by atoms with E-state index < -0.39 is 10.0 Å². The van der Waals surface area contributed by atoms with Crippen LogP contribution in [0.3, 0.4) is 0 Å². The minimum atomic E-state index is -3.36. The largest absolute Gasteiger partial charge is 0.317 e. The van der Waals surface area contributed by atoms with Crippen LogP contribution in [0.2, 0.25) is 0 Å². The Bertz CT molecular complexity index is 481. The summed E-state index contributed by atoms with van der Waals surface area (Å²) in [6.45, 7) is 4.42. The van der Waals surface area contributed by atoms with E-state index in [1.807, 2.05) is 13.0 Å². The summed E-state index contributed by atoms with van der Waals surface area (Å²) in [5, 5.41) is 3.28. The monoisotopic (exact) mass is 282 g/mol. The Morgan fingerprint density at radius 2 is 1.84 bits per heavy atom. The van der Waals surface area contributed by atoms with Gasteiger partial charge < -0.3 is 5.32 Å². The first kappa shape index (κ1) is 14.5. The third-order valence-corrected chi connectivity index (χ3v) is 5.48. The maximum absolute atomic E-state index is 12.7. The van der Waals surface area contributed by atoms with E-state index in [1.54, 1.807) is 28.6 Å². The predicted molar refractivity (Wildman–Crippen MR) is 76.5 cm³/mol. The van der Waals surface area contributed by atoms with Crippen LogP contribution < -0.4 is 5.32 Å². The second kappa shape index (κ2) is 6.50. The van der Waals surface area contributed by atoms with Gasteiger partial charge in [0, 0.05) is 12.6 Å². The van der Waals surface area contributed by atoms with Crippen LogP contribution in [-0.4, -0.2) is 38.4 Å². The predicted octanol–water partition coefficient (Wildman–Crippen LogP) is 1.84. The molecule has 0 aromatic heterocycles. The van der Waals surface area contributed by atoms with E-state index in [0.29, 0.717) is 11.4 Å². The minimum absolute atomic E-state index is 0.131. The fourth-order valence-electron chi connectivity index (χ4n) is 2.54. The van der Waals surface area contributed by atoms with Crippen molar-refractivity contribution in [2.45, 2.75) is 37.1 Å². The van der Waals surface area contributed by atoms with Gasteiger partial charge in [-0.1, -0.05) is 25.1 Å². The molecule has 0 bridgehead atoms. The van der Waals surface area contributed by atoms with E-state index in [9.17, 15) is 8.42 Å². The molecule has 1 heterocycles. The molecule has 2 rings (SSSR count). The first-order chi connectivity index (χ1) is 9.16. The van der Waals surface area contributed by atoms with Crippen LogP contribution in [0.25, 0.3) is 0 Å². The summed E-state index contributed by atoms with van der Waals surface area (Å²) < 4.78 is 27.2. The Morgan fingerprint density at radius 3 is 2.42 bits per heavy atom.